The quantitative estimate of drug-likeness (QED) is 0.779. The molecular formula is C12H17N3O3. The Hall–Kier alpha value is -1.82. The number of nitrogens with one attached hydrogen (secondary N) is 2. The average Bonchev–Trinajstić information content (AvgIpc) is 2.93. The molecule has 2 rings (SSSR count). The van der Waals surface area contributed by atoms with Gasteiger partial charge < -0.3 is 20.0 Å². The number of carbonyl (C=O) groups excluding carboxylic acids is 2. The van der Waals surface area contributed by atoms with Crippen molar-refractivity contribution in [3.63, 3.8) is 0 Å². The number of furan rings is 1. The number of piperazine rings is 1. The number of carbonyl (C=O) groups is 2. The molecule has 1 aliphatic rings. The van der Waals surface area contributed by atoms with Gasteiger partial charge in [0.1, 0.15) is 0 Å². The number of hydrogen-bond acceptors (Lipinski definition) is 4. The van der Waals surface area contributed by atoms with Crippen LogP contribution in [0.5, 0.6) is 0 Å². The van der Waals surface area contributed by atoms with Crippen LogP contribution in [0.1, 0.15) is 17.0 Å². The van der Waals surface area contributed by atoms with E-state index in [1.54, 1.807) is 12.1 Å². The van der Waals surface area contributed by atoms with E-state index in [1.165, 1.54) is 6.26 Å². The molecule has 6 nitrogen and oxygen atoms in total. The lowest BCUT2D eigenvalue weighted by Gasteiger charge is -2.27. The summed E-state index contributed by atoms with van der Waals surface area (Å²) in [6, 6.07) is 3.24. The summed E-state index contributed by atoms with van der Waals surface area (Å²) in [5.74, 6) is 0.0639. The molecule has 2 N–H and O–H groups in total. The molecule has 1 aromatic heterocycles. The zero-order valence-corrected chi connectivity index (χ0v) is 10.1. The van der Waals surface area contributed by atoms with Crippen molar-refractivity contribution in [1.29, 1.82) is 0 Å². The molecule has 0 atom stereocenters. The molecule has 18 heavy (non-hydrogen) atoms. The molecule has 0 bridgehead atoms. The second-order valence-electron chi connectivity index (χ2n) is 4.11. The van der Waals surface area contributed by atoms with E-state index in [9.17, 15) is 9.59 Å². The van der Waals surface area contributed by atoms with E-state index in [2.05, 4.69) is 10.6 Å². The van der Waals surface area contributed by atoms with Gasteiger partial charge in [0.05, 0.1) is 6.26 Å². The van der Waals surface area contributed by atoms with Crippen LogP contribution >= 0.6 is 0 Å². The summed E-state index contributed by atoms with van der Waals surface area (Å²) in [6.45, 7) is 3.49. The Bertz CT molecular complexity index is 397. The second-order valence-corrected chi connectivity index (χ2v) is 4.11. The highest BCUT2D eigenvalue weighted by atomic mass is 16.3. The van der Waals surface area contributed by atoms with Crippen LogP contribution in [0.3, 0.4) is 0 Å². The lowest BCUT2D eigenvalue weighted by atomic mass is 10.3. The van der Waals surface area contributed by atoms with Crippen molar-refractivity contribution in [2.75, 3.05) is 32.7 Å². The fourth-order valence-corrected chi connectivity index (χ4v) is 1.85. The average molecular weight is 251 g/mol. The standard InChI is InChI=1S/C12H17N3O3/c16-11(15-7-5-13-6-8-15)3-4-14-12(17)10-2-1-9-18-10/h1-2,9,13H,3-8H2,(H,14,17). The van der Waals surface area contributed by atoms with Gasteiger partial charge in [-0.1, -0.05) is 0 Å². The van der Waals surface area contributed by atoms with Crippen molar-refractivity contribution in [3.8, 4) is 0 Å². The minimum Gasteiger partial charge on any atom is -0.459 e. The van der Waals surface area contributed by atoms with Crippen LogP contribution in [-0.4, -0.2) is 49.4 Å². The molecule has 1 fully saturated rings. The van der Waals surface area contributed by atoms with Gasteiger partial charge in [-0.3, -0.25) is 9.59 Å². The summed E-state index contributed by atoms with van der Waals surface area (Å²) in [7, 11) is 0. The van der Waals surface area contributed by atoms with Crippen molar-refractivity contribution < 1.29 is 14.0 Å². The molecule has 1 saturated heterocycles. The van der Waals surface area contributed by atoms with E-state index in [0.29, 0.717) is 13.0 Å². The van der Waals surface area contributed by atoms with Crippen molar-refractivity contribution in [3.05, 3.63) is 24.2 Å². The van der Waals surface area contributed by atoms with Gasteiger partial charge in [-0.05, 0) is 12.1 Å². The van der Waals surface area contributed by atoms with Gasteiger partial charge in [0, 0.05) is 39.1 Å². The topological polar surface area (TPSA) is 74.6 Å². The lowest BCUT2D eigenvalue weighted by Crippen LogP contribution is -2.47. The first-order chi connectivity index (χ1) is 8.77. The van der Waals surface area contributed by atoms with E-state index in [1.807, 2.05) is 4.90 Å². The molecule has 1 aliphatic heterocycles. The summed E-state index contributed by atoms with van der Waals surface area (Å²) >= 11 is 0. The van der Waals surface area contributed by atoms with Gasteiger partial charge in [-0.25, -0.2) is 0 Å². The molecule has 0 aromatic carbocycles. The highest BCUT2D eigenvalue weighted by molar-refractivity contribution is 5.91. The first-order valence-electron chi connectivity index (χ1n) is 6.07. The number of nitrogens with zero attached hydrogens (tertiary/aromatic N) is 1. The van der Waals surface area contributed by atoms with Crippen LogP contribution in [0.2, 0.25) is 0 Å². The zero-order valence-electron chi connectivity index (χ0n) is 10.1. The van der Waals surface area contributed by atoms with Crippen LogP contribution in [0.4, 0.5) is 0 Å². The van der Waals surface area contributed by atoms with E-state index in [0.717, 1.165) is 26.2 Å². The third-order valence-electron chi connectivity index (χ3n) is 2.84. The van der Waals surface area contributed by atoms with Gasteiger partial charge in [0.25, 0.3) is 5.91 Å². The Kier molecular flexibility index (Phi) is 4.35. The Morgan fingerprint density at radius 2 is 2.17 bits per heavy atom. The fourth-order valence-electron chi connectivity index (χ4n) is 1.85. The first-order valence-corrected chi connectivity index (χ1v) is 6.07. The van der Waals surface area contributed by atoms with Crippen LogP contribution < -0.4 is 10.6 Å². The molecule has 0 aliphatic carbocycles. The summed E-state index contributed by atoms with van der Waals surface area (Å²) in [5, 5.41) is 5.85. The number of amides is 2. The Balaban J connectivity index is 1.68. The van der Waals surface area contributed by atoms with Crippen molar-refractivity contribution >= 4 is 11.8 Å². The summed E-state index contributed by atoms with van der Waals surface area (Å²) in [6.07, 6.45) is 1.77. The van der Waals surface area contributed by atoms with Crippen molar-refractivity contribution in [2.45, 2.75) is 6.42 Å². The largest absolute Gasteiger partial charge is 0.459 e. The van der Waals surface area contributed by atoms with Crippen LogP contribution in [0.25, 0.3) is 0 Å². The number of hydrogen-bond donors (Lipinski definition) is 2. The molecule has 0 saturated carbocycles. The Morgan fingerprint density at radius 3 is 2.83 bits per heavy atom. The fraction of sp³-hybridized carbons (Fsp3) is 0.500. The summed E-state index contributed by atoms with van der Waals surface area (Å²) in [4.78, 5) is 25.1. The van der Waals surface area contributed by atoms with Crippen LogP contribution in [-0.2, 0) is 4.79 Å². The Morgan fingerprint density at radius 1 is 1.39 bits per heavy atom. The predicted molar refractivity (Wildman–Crippen MR) is 65.1 cm³/mol. The highest BCUT2D eigenvalue weighted by Crippen LogP contribution is 2.00. The van der Waals surface area contributed by atoms with Gasteiger partial charge in [0.15, 0.2) is 5.76 Å². The molecule has 98 valence electrons. The molecule has 6 heteroatoms. The maximum atomic E-state index is 11.8. The molecule has 2 amide bonds. The van der Waals surface area contributed by atoms with E-state index >= 15 is 0 Å². The molecular weight excluding hydrogens is 234 g/mol. The SMILES string of the molecule is O=C(NCCC(=O)N1CCNCC1)c1ccco1. The summed E-state index contributed by atoms with van der Waals surface area (Å²) in [5.41, 5.74) is 0. The Labute approximate surface area is 105 Å². The predicted octanol–water partition coefficient (Wildman–Crippen LogP) is -0.169. The third-order valence-corrected chi connectivity index (χ3v) is 2.84. The van der Waals surface area contributed by atoms with E-state index < -0.39 is 0 Å². The number of rotatable bonds is 4. The normalized spacial score (nSPS) is 15.4. The molecule has 0 unspecified atom stereocenters. The van der Waals surface area contributed by atoms with Gasteiger partial charge in [0.2, 0.25) is 5.91 Å². The molecule has 0 spiro atoms. The highest BCUT2D eigenvalue weighted by Gasteiger charge is 2.16. The van der Waals surface area contributed by atoms with Crippen LogP contribution in [0, 0.1) is 0 Å². The monoisotopic (exact) mass is 251 g/mol. The maximum Gasteiger partial charge on any atom is 0.286 e. The van der Waals surface area contributed by atoms with Gasteiger partial charge in [-0.2, -0.15) is 0 Å². The minimum absolute atomic E-state index is 0.0799. The first kappa shape index (κ1) is 12.6. The molecule has 0 radical (unpaired) electrons. The van der Waals surface area contributed by atoms with Crippen molar-refractivity contribution in [1.82, 2.24) is 15.5 Å². The maximum absolute atomic E-state index is 11.8. The van der Waals surface area contributed by atoms with Gasteiger partial charge in [-0.15, -0.1) is 0 Å². The van der Waals surface area contributed by atoms with Crippen molar-refractivity contribution in [2.24, 2.45) is 0 Å². The molecule has 1 aromatic rings. The molecule has 2 heterocycles. The summed E-state index contributed by atoms with van der Waals surface area (Å²) < 4.78 is 4.95. The van der Waals surface area contributed by atoms with E-state index in [4.69, 9.17) is 4.42 Å². The van der Waals surface area contributed by atoms with E-state index in [-0.39, 0.29) is 17.6 Å². The van der Waals surface area contributed by atoms with Crippen LogP contribution in [0.15, 0.2) is 22.8 Å². The second kappa shape index (κ2) is 6.20. The lowest BCUT2D eigenvalue weighted by molar-refractivity contribution is -0.131. The van der Waals surface area contributed by atoms with Gasteiger partial charge >= 0.3 is 0 Å². The zero-order chi connectivity index (χ0) is 12.8. The third kappa shape index (κ3) is 3.33. The minimum atomic E-state index is -0.284. The smallest absolute Gasteiger partial charge is 0.286 e.